The van der Waals surface area contributed by atoms with E-state index < -0.39 is 17.8 Å². The average molecular weight is 1090 g/mol. The molecule has 19 heteroatoms. The monoisotopic (exact) mass is 1090 g/mol. The molecule has 0 aliphatic carbocycles. The lowest BCUT2D eigenvalue weighted by molar-refractivity contribution is -0.141. The number of carbonyl (C=O) groups is 2. The minimum Gasteiger partial charge on any atom is -0.508 e. The number of fused-ring (bicyclic) bond motifs is 4. The molecule has 5 fully saturated rings. The van der Waals surface area contributed by atoms with Gasteiger partial charge in [0.15, 0.2) is 17.4 Å². The van der Waals surface area contributed by atoms with E-state index in [4.69, 9.17) is 24.2 Å². The number of nitrogens with one attached hydrogen (secondary N) is 2. The van der Waals surface area contributed by atoms with Gasteiger partial charge in [-0.1, -0.05) is 68.4 Å². The summed E-state index contributed by atoms with van der Waals surface area (Å²) < 4.78 is 29.8. The highest BCUT2D eigenvalue weighted by atomic mass is 32.1. The van der Waals surface area contributed by atoms with Crippen LogP contribution in [0.25, 0.3) is 43.4 Å². The number of hydrogen-bond acceptors (Lipinski definition) is 16. The molecule has 5 saturated heterocycles. The van der Waals surface area contributed by atoms with Gasteiger partial charge in [0.05, 0.1) is 33.6 Å². The number of rotatable bonds is 16. The zero-order chi connectivity index (χ0) is 54.6. The predicted octanol–water partition coefficient (Wildman–Crippen LogP) is 8.35. The number of carbonyl (C=O) groups excluding carboxylic acids is 2. The molecular formula is C60H71FN12O5S. The third kappa shape index (κ3) is 10.5. The van der Waals surface area contributed by atoms with E-state index in [-0.39, 0.29) is 52.8 Å². The number of ether oxygens (including phenoxy) is 1. The lowest BCUT2D eigenvalue weighted by atomic mass is 9.91. The fourth-order valence-electron chi connectivity index (χ4n) is 12.9. The number of thiazole rings is 1. The first kappa shape index (κ1) is 52.9. The van der Waals surface area contributed by atoms with Crippen molar-refractivity contribution in [1.29, 1.82) is 0 Å². The largest absolute Gasteiger partial charge is 0.508 e. The van der Waals surface area contributed by atoms with E-state index in [2.05, 4.69) is 66.5 Å². The average Bonchev–Trinajstić information content (AvgIpc) is 4.41. The maximum atomic E-state index is 17.3. The molecule has 0 radical (unpaired) electrons. The van der Waals surface area contributed by atoms with Crippen LogP contribution in [0.15, 0.2) is 76.9 Å². The molecule has 5 aliphatic rings. The summed E-state index contributed by atoms with van der Waals surface area (Å²) in [6, 6.07) is 19.4. The van der Waals surface area contributed by atoms with E-state index in [1.807, 2.05) is 69.6 Å². The molecule has 0 spiro atoms. The second-order valence-electron chi connectivity index (χ2n) is 23.0. The first-order valence-corrected chi connectivity index (χ1v) is 29.1. The first-order valence-electron chi connectivity index (χ1n) is 28.3. The zero-order valence-electron chi connectivity index (χ0n) is 46.0. The minimum absolute atomic E-state index is 0.0385. The second kappa shape index (κ2) is 22.0. The number of aromatic nitrogens is 5. The Bertz CT molecular complexity index is 3370. The molecule has 4 aromatic heterocycles. The fraction of sp³-hybridized carbons (Fsp3) is 0.483. The lowest BCUT2D eigenvalue weighted by Crippen LogP contribution is -2.58. The highest BCUT2D eigenvalue weighted by Gasteiger charge is 2.42. The molecule has 17 nitrogen and oxygen atoms in total. The van der Waals surface area contributed by atoms with Crippen LogP contribution in [0.1, 0.15) is 87.9 Å². The van der Waals surface area contributed by atoms with Crippen LogP contribution in [0.4, 0.5) is 16.0 Å². The van der Waals surface area contributed by atoms with Crippen molar-refractivity contribution in [2.45, 2.75) is 103 Å². The molecule has 0 saturated carbocycles. The number of nitrogens with zero attached hydrogens (tertiary/aromatic N) is 10. The normalized spacial score (nSPS) is 21.8. The standard InChI is InChI=1S/C60H71FN12O5S/c1-7-38-10-8-11-41-22-45(74)23-46(52(38)41)54-53(61)55-47(25-62-54)57(72-29-42-17-18-43(30-72)65-42)67-60(66-55)77-32-44-31-70(21-20-69(44)6)26-37-27-71(28-37)50-24-49(78-68-50)51(34(2)3)59(76)73-19-9-12-48(73)58(75)64-35(4)39-13-15-40(16-14-39)56-36(5)63-33-79-56/h8,10-11,13-16,22-25,33-35,37,42-44,48,51,65,74H,7,9,12,17-21,26-32H2,1-6H3,(H,64,75)/t35-,42?,43?,44-,48-,51-/m0/s1. The number of aromatic hydroxyl groups is 1. The molecule has 2 bridgehead atoms. The number of halogens is 1. The Labute approximate surface area is 464 Å². The molecule has 5 aliphatic heterocycles. The third-order valence-electron chi connectivity index (χ3n) is 17.3. The van der Waals surface area contributed by atoms with Crippen LogP contribution in [0, 0.1) is 24.6 Å². The smallest absolute Gasteiger partial charge is 0.319 e. The SMILES string of the molecule is CCc1cccc2cc(O)cc(-c3ncc4c(N5CC6CCC(C5)N6)nc(OC[C@@H]5CN(CC6CN(c7cc([C@@H](C(=O)N8CCC[C@H]8C(=O)N[C@@H](C)c8ccc(-c9scnc9C)cc8)C(C)C)on7)C6)CCN5C)nc4c3F)c12. The van der Waals surface area contributed by atoms with Gasteiger partial charge in [-0.05, 0) is 98.5 Å². The highest BCUT2D eigenvalue weighted by Crippen LogP contribution is 2.40. The summed E-state index contributed by atoms with van der Waals surface area (Å²) in [4.78, 5) is 59.3. The number of anilines is 2. The number of likely N-dealkylation sites (N-methyl/N-ethyl adjacent to an activating group) is 1. The summed E-state index contributed by atoms with van der Waals surface area (Å²) in [5.41, 5.74) is 6.78. The highest BCUT2D eigenvalue weighted by molar-refractivity contribution is 7.13. The number of phenolic OH excluding ortho intramolecular Hbond substituents is 1. The second-order valence-corrected chi connectivity index (χ2v) is 23.9. The van der Waals surface area contributed by atoms with Gasteiger partial charge in [0.1, 0.15) is 41.3 Å². The molecular weight excluding hydrogens is 1020 g/mol. The Morgan fingerprint density at radius 1 is 0.949 bits per heavy atom. The molecule has 12 rings (SSSR count). The number of hydrogen-bond donors (Lipinski definition) is 3. The molecule has 2 amide bonds. The van der Waals surface area contributed by atoms with E-state index in [1.54, 1.807) is 34.6 Å². The number of amides is 2. The van der Waals surface area contributed by atoms with E-state index in [9.17, 15) is 14.7 Å². The number of pyridine rings is 1. The van der Waals surface area contributed by atoms with Gasteiger partial charge in [-0.3, -0.25) is 24.4 Å². The zero-order valence-corrected chi connectivity index (χ0v) is 46.8. The quantitative estimate of drug-likeness (QED) is 0.0840. The van der Waals surface area contributed by atoms with E-state index in [0.717, 1.165) is 122 Å². The predicted molar refractivity (Wildman–Crippen MR) is 305 cm³/mol. The minimum atomic E-state index is -0.576. The van der Waals surface area contributed by atoms with Crippen LogP contribution >= 0.6 is 11.3 Å². The van der Waals surface area contributed by atoms with Crippen molar-refractivity contribution in [1.82, 2.24) is 50.4 Å². The van der Waals surface area contributed by atoms with Gasteiger partial charge in [0.25, 0.3) is 0 Å². The van der Waals surface area contributed by atoms with Gasteiger partial charge in [-0.15, -0.1) is 11.3 Å². The summed E-state index contributed by atoms with van der Waals surface area (Å²) in [6.07, 6.45) is 5.93. The van der Waals surface area contributed by atoms with Gasteiger partial charge in [-0.2, -0.15) is 9.97 Å². The number of phenols is 1. The number of piperazine rings is 2. The van der Waals surface area contributed by atoms with Crippen molar-refractivity contribution in [2.75, 3.05) is 82.4 Å². The van der Waals surface area contributed by atoms with Crippen LogP contribution in [-0.2, 0) is 16.0 Å². The van der Waals surface area contributed by atoms with Gasteiger partial charge in [0, 0.05) is 94.7 Å². The Hall–Kier alpha value is -6.80. The van der Waals surface area contributed by atoms with Crippen molar-refractivity contribution >= 4 is 56.5 Å². The topological polar surface area (TPSA) is 181 Å². The Balaban J connectivity index is 0.685. The van der Waals surface area contributed by atoms with Gasteiger partial charge < -0.3 is 39.7 Å². The molecule has 6 atom stereocenters. The van der Waals surface area contributed by atoms with Crippen LogP contribution in [0.2, 0.25) is 0 Å². The van der Waals surface area contributed by atoms with Crippen LogP contribution in [-0.4, -0.2) is 153 Å². The molecule has 7 aromatic rings. The van der Waals surface area contributed by atoms with E-state index in [1.165, 1.54) is 0 Å². The van der Waals surface area contributed by atoms with Gasteiger partial charge in [-0.25, -0.2) is 9.37 Å². The maximum absolute atomic E-state index is 17.3. The molecule has 2 unspecified atom stereocenters. The van der Waals surface area contributed by atoms with Crippen molar-refractivity contribution in [3.05, 3.63) is 101 Å². The summed E-state index contributed by atoms with van der Waals surface area (Å²) in [7, 11) is 2.12. The van der Waals surface area contributed by atoms with Crippen LogP contribution in [0.3, 0.4) is 0 Å². The summed E-state index contributed by atoms with van der Waals surface area (Å²) >= 11 is 1.61. The van der Waals surface area contributed by atoms with Crippen LogP contribution < -0.4 is 25.2 Å². The van der Waals surface area contributed by atoms with Crippen molar-refractivity contribution < 1.29 is 28.3 Å². The summed E-state index contributed by atoms with van der Waals surface area (Å²) in [6.45, 7) is 17.5. The molecule has 3 N–H and O–H groups in total. The fourth-order valence-corrected chi connectivity index (χ4v) is 13.7. The number of benzene rings is 3. The summed E-state index contributed by atoms with van der Waals surface area (Å²) in [5.74, 6) is 0.832. The molecule has 414 valence electrons. The van der Waals surface area contributed by atoms with E-state index >= 15 is 4.39 Å². The van der Waals surface area contributed by atoms with Gasteiger partial charge >= 0.3 is 6.01 Å². The van der Waals surface area contributed by atoms with Crippen molar-refractivity contribution in [3.63, 3.8) is 0 Å². The first-order chi connectivity index (χ1) is 38.3. The van der Waals surface area contributed by atoms with Crippen LogP contribution in [0.5, 0.6) is 11.8 Å². The molecule has 9 heterocycles. The van der Waals surface area contributed by atoms with Gasteiger partial charge in [0.2, 0.25) is 11.8 Å². The van der Waals surface area contributed by atoms with E-state index in [0.29, 0.717) is 60.1 Å². The maximum Gasteiger partial charge on any atom is 0.319 e. The number of likely N-dealkylation sites (tertiary alicyclic amines) is 1. The van der Waals surface area contributed by atoms with Crippen molar-refractivity contribution in [2.24, 2.45) is 11.8 Å². The lowest BCUT2D eigenvalue weighted by Gasteiger charge is -2.45. The Morgan fingerprint density at radius 2 is 1.75 bits per heavy atom. The molecule has 3 aromatic carbocycles. The van der Waals surface area contributed by atoms with Crippen molar-refractivity contribution in [3.8, 4) is 33.5 Å². The molecule has 79 heavy (non-hydrogen) atoms. The Morgan fingerprint density at radius 3 is 2.49 bits per heavy atom. The summed E-state index contributed by atoms with van der Waals surface area (Å²) in [5, 5.41) is 24.4. The number of aryl methyl sites for hydroxylation is 2. The Kier molecular flexibility index (Phi) is 14.7. The third-order valence-corrected chi connectivity index (χ3v) is 18.3.